The lowest BCUT2D eigenvalue weighted by atomic mass is 9.98. The molecule has 0 saturated carbocycles. The molecule has 0 spiro atoms. The van der Waals surface area contributed by atoms with Gasteiger partial charge >= 0.3 is 0 Å². The minimum absolute atomic E-state index is 0.0335. The molecule has 1 aliphatic rings. The van der Waals surface area contributed by atoms with E-state index >= 15 is 0 Å². The quantitative estimate of drug-likeness (QED) is 0.513. The number of fused-ring (bicyclic) bond motifs is 2. The van der Waals surface area contributed by atoms with Gasteiger partial charge in [0.15, 0.2) is 5.43 Å². The van der Waals surface area contributed by atoms with Gasteiger partial charge in [-0.05, 0) is 47.5 Å². The second-order valence-corrected chi connectivity index (χ2v) is 7.07. The van der Waals surface area contributed by atoms with E-state index in [4.69, 9.17) is 4.42 Å². The molecule has 7 heteroatoms. The predicted octanol–water partition coefficient (Wildman–Crippen LogP) is 4.21. The van der Waals surface area contributed by atoms with Crippen molar-refractivity contribution in [3.05, 3.63) is 111 Å². The van der Waals surface area contributed by atoms with E-state index < -0.39 is 29.0 Å². The molecule has 30 heavy (non-hydrogen) atoms. The summed E-state index contributed by atoms with van der Waals surface area (Å²) in [6.45, 7) is 0.141. The van der Waals surface area contributed by atoms with E-state index in [9.17, 15) is 18.4 Å². The van der Waals surface area contributed by atoms with Crippen molar-refractivity contribution in [1.82, 2.24) is 9.88 Å². The van der Waals surface area contributed by atoms with Crippen LogP contribution in [0.3, 0.4) is 0 Å². The maximum Gasteiger partial charge on any atom is 0.291 e. The molecule has 1 amide bonds. The van der Waals surface area contributed by atoms with E-state index in [0.717, 1.165) is 17.7 Å². The molecule has 0 fully saturated rings. The molecule has 5 rings (SSSR count). The summed E-state index contributed by atoms with van der Waals surface area (Å²) in [5, 5.41) is 0.0335. The molecule has 1 aliphatic heterocycles. The minimum atomic E-state index is -0.868. The second-order valence-electron chi connectivity index (χ2n) is 7.07. The van der Waals surface area contributed by atoms with Gasteiger partial charge in [-0.25, -0.2) is 8.78 Å². The van der Waals surface area contributed by atoms with Crippen molar-refractivity contribution in [3.63, 3.8) is 0 Å². The molecule has 0 radical (unpaired) electrons. The highest BCUT2D eigenvalue weighted by molar-refractivity contribution is 5.99. The zero-order valence-electron chi connectivity index (χ0n) is 15.5. The summed E-state index contributed by atoms with van der Waals surface area (Å²) in [4.78, 5) is 32.0. The van der Waals surface area contributed by atoms with Gasteiger partial charge in [0.25, 0.3) is 5.91 Å². The van der Waals surface area contributed by atoms with E-state index in [1.165, 1.54) is 29.2 Å². The molecule has 3 heterocycles. The van der Waals surface area contributed by atoms with Crippen LogP contribution in [0.25, 0.3) is 11.0 Å². The molecule has 0 unspecified atom stereocenters. The van der Waals surface area contributed by atoms with Gasteiger partial charge in [-0.2, -0.15) is 0 Å². The van der Waals surface area contributed by atoms with Crippen molar-refractivity contribution in [2.24, 2.45) is 0 Å². The van der Waals surface area contributed by atoms with Gasteiger partial charge in [0, 0.05) is 18.9 Å². The van der Waals surface area contributed by atoms with Crippen molar-refractivity contribution in [1.29, 1.82) is 0 Å². The molecule has 0 aliphatic carbocycles. The van der Waals surface area contributed by atoms with Crippen LogP contribution in [0.4, 0.5) is 8.78 Å². The van der Waals surface area contributed by atoms with Gasteiger partial charge in [0.05, 0.1) is 17.0 Å². The summed E-state index contributed by atoms with van der Waals surface area (Å²) < 4.78 is 33.5. The van der Waals surface area contributed by atoms with Gasteiger partial charge in [0.2, 0.25) is 5.76 Å². The fraction of sp³-hybridized carbons (Fsp3) is 0.0870. The number of hydrogen-bond donors (Lipinski definition) is 0. The molecular weight excluding hydrogens is 390 g/mol. The normalized spacial score (nSPS) is 15.6. The first kappa shape index (κ1) is 18.2. The number of carbonyl (C=O) groups is 1. The zero-order chi connectivity index (χ0) is 20.8. The highest BCUT2D eigenvalue weighted by Gasteiger charge is 2.42. The monoisotopic (exact) mass is 404 g/mol. The fourth-order valence-corrected chi connectivity index (χ4v) is 3.87. The molecule has 0 bridgehead atoms. The van der Waals surface area contributed by atoms with Crippen LogP contribution in [0.1, 0.15) is 33.3 Å². The predicted molar refractivity (Wildman–Crippen MR) is 105 cm³/mol. The topological polar surface area (TPSA) is 63.4 Å². The Labute approximate surface area is 169 Å². The third-order valence-corrected chi connectivity index (χ3v) is 5.17. The Bertz CT molecular complexity index is 1350. The van der Waals surface area contributed by atoms with Crippen LogP contribution in [0.2, 0.25) is 0 Å². The van der Waals surface area contributed by atoms with Gasteiger partial charge in [0.1, 0.15) is 17.2 Å². The first-order chi connectivity index (χ1) is 14.5. The Balaban J connectivity index is 1.75. The first-order valence-electron chi connectivity index (χ1n) is 9.24. The first-order valence-corrected chi connectivity index (χ1v) is 9.24. The molecule has 2 aromatic carbocycles. The Morgan fingerprint density at radius 1 is 1.00 bits per heavy atom. The van der Waals surface area contributed by atoms with Crippen molar-refractivity contribution in [3.8, 4) is 0 Å². The van der Waals surface area contributed by atoms with Gasteiger partial charge in [-0.3, -0.25) is 14.6 Å². The molecule has 1 atom stereocenters. The highest BCUT2D eigenvalue weighted by atomic mass is 19.1. The number of rotatable bonds is 3. The van der Waals surface area contributed by atoms with E-state index in [-0.39, 0.29) is 28.8 Å². The summed E-state index contributed by atoms with van der Waals surface area (Å²) in [7, 11) is 0. The minimum Gasteiger partial charge on any atom is -0.450 e. The van der Waals surface area contributed by atoms with Crippen LogP contribution in [-0.4, -0.2) is 15.8 Å². The SMILES string of the molecule is O=C1c2oc3ccc(F)cc3c(=O)c2[C@@H](c2cccc(F)c2)N1Cc1cccnc1. The third-order valence-electron chi connectivity index (χ3n) is 5.17. The fourth-order valence-electron chi connectivity index (χ4n) is 3.87. The smallest absolute Gasteiger partial charge is 0.291 e. The van der Waals surface area contributed by atoms with Crippen LogP contribution < -0.4 is 5.43 Å². The Hall–Kier alpha value is -3.87. The lowest BCUT2D eigenvalue weighted by Gasteiger charge is -2.25. The van der Waals surface area contributed by atoms with Crippen LogP contribution in [0.5, 0.6) is 0 Å². The van der Waals surface area contributed by atoms with Crippen LogP contribution >= 0.6 is 0 Å². The lowest BCUT2D eigenvalue weighted by molar-refractivity contribution is 0.0714. The second kappa shape index (κ2) is 6.88. The number of halogens is 2. The Kier molecular flexibility index (Phi) is 4.17. The highest BCUT2D eigenvalue weighted by Crippen LogP contribution is 2.39. The number of nitrogens with zero attached hydrogens (tertiary/aromatic N) is 2. The molecule has 5 nitrogen and oxygen atoms in total. The molecular formula is C23H14F2N2O3. The van der Waals surface area contributed by atoms with Crippen LogP contribution in [0.15, 0.2) is 76.2 Å². The van der Waals surface area contributed by atoms with Crippen molar-refractivity contribution in [2.45, 2.75) is 12.6 Å². The van der Waals surface area contributed by atoms with Gasteiger partial charge < -0.3 is 9.32 Å². The number of amides is 1. The Morgan fingerprint density at radius 3 is 2.60 bits per heavy atom. The average Bonchev–Trinajstić information content (AvgIpc) is 3.02. The zero-order valence-corrected chi connectivity index (χ0v) is 15.5. The lowest BCUT2D eigenvalue weighted by Crippen LogP contribution is -2.29. The number of benzene rings is 2. The van der Waals surface area contributed by atoms with Crippen molar-refractivity contribution in [2.75, 3.05) is 0 Å². The molecule has 0 saturated heterocycles. The maximum absolute atomic E-state index is 14.0. The van der Waals surface area contributed by atoms with E-state index in [0.29, 0.717) is 5.56 Å². The number of aromatic nitrogens is 1. The Morgan fingerprint density at radius 2 is 1.83 bits per heavy atom. The average molecular weight is 404 g/mol. The number of pyridine rings is 1. The van der Waals surface area contributed by atoms with E-state index in [2.05, 4.69) is 4.98 Å². The van der Waals surface area contributed by atoms with Crippen molar-refractivity contribution >= 4 is 16.9 Å². The van der Waals surface area contributed by atoms with E-state index in [1.807, 2.05) is 0 Å². The number of carbonyl (C=O) groups excluding carboxylic acids is 1. The maximum atomic E-state index is 14.0. The summed E-state index contributed by atoms with van der Waals surface area (Å²) in [5.74, 6) is -1.69. The summed E-state index contributed by atoms with van der Waals surface area (Å²) >= 11 is 0. The van der Waals surface area contributed by atoms with Gasteiger partial charge in [-0.1, -0.05) is 18.2 Å². The molecule has 0 N–H and O–H groups in total. The number of hydrogen-bond acceptors (Lipinski definition) is 4. The molecule has 2 aromatic heterocycles. The molecule has 4 aromatic rings. The van der Waals surface area contributed by atoms with Gasteiger partial charge in [-0.15, -0.1) is 0 Å². The summed E-state index contributed by atoms with van der Waals surface area (Å²) in [6, 6.07) is 11.9. The summed E-state index contributed by atoms with van der Waals surface area (Å²) in [6.07, 6.45) is 3.22. The molecule has 148 valence electrons. The standard InChI is InChI=1S/C23H14F2N2O3/c24-15-5-1-4-14(9-15)20-19-21(28)17-10-16(25)6-7-18(17)30-22(19)23(29)27(20)12-13-3-2-8-26-11-13/h1-11,20H,12H2/t20-/m1/s1. The van der Waals surface area contributed by atoms with Crippen molar-refractivity contribution < 1.29 is 18.0 Å². The largest absolute Gasteiger partial charge is 0.450 e. The van der Waals surface area contributed by atoms with Crippen LogP contribution in [-0.2, 0) is 6.54 Å². The summed E-state index contributed by atoms with van der Waals surface area (Å²) in [5.41, 5.74) is 0.849. The van der Waals surface area contributed by atoms with Crippen LogP contribution in [0, 0.1) is 11.6 Å². The third kappa shape index (κ3) is 2.86. The van der Waals surface area contributed by atoms with E-state index in [1.54, 1.807) is 30.6 Å².